The van der Waals surface area contributed by atoms with Gasteiger partial charge in [-0.15, -0.1) is 4.40 Å². The van der Waals surface area contributed by atoms with Crippen LogP contribution in [0.1, 0.15) is 24.6 Å². The van der Waals surface area contributed by atoms with Gasteiger partial charge >= 0.3 is 10.2 Å². The largest absolute Gasteiger partial charge is 0.496 e. The molecular formula is C14H19N3O5S. The maximum atomic E-state index is 12.1. The molecule has 0 unspecified atom stereocenters. The van der Waals surface area contributed by atoms with Gasteiger partial charge in [-0.3, -0.25) is 0 Å². The zero-order valence-electron chi connectivity index (χ0n) is 13.2. The maximum Gasteiger partial charge on any atom is 0.323 e. The third-order valence-corrected chi connectivity index (χ3v) is 4.93. The van der Waals surface area contributed by atoms with Gasteiger partial charge < -0.3 is 19.1 Å². The normalized spacial score (nSPS) is 22.3. The number of nitrogens with one attached hydrogen (secondary N) is 1. The number of hydrogen-bond donors (Lipinski definition) is 1. The van der Waals surface area contributed by atoms with Crippen LogP contribution in [-0.2, 0) is 10.2 Å². The van der Waals surface area contributed by atoms with Crippen LogP contribution in [-0.4, -0.2) is 47.0 Å². The number of nitrogens with zero attached hydrogens (tertiary/aromatic N) is 2. The highest BCUT2D eigenvalue weighted by atomic mass is 32.2. The first-order chi connectivity index (χ1) is 11.0. The predicted molar refractivity (Wildman–Crippen MR) is 84.3 cm³/mol. The highest BCUT2D eigenvalue weighted by molar-refractivity contribution is 7.88. The molecule has 1 saturated heterocycles. The van der Waals surface area contributed by atoms with E-state index in [0.717, 1.165) is 6.42 Å². The number of methoxy groups -OCH3 is 3. The van der Waals surface area contributed by atoms with E-state index in [4.69, 9.17) is 14.2 Å². The molecule has 0 radical (unpaired) electrons. The van der Waals surface area contributed by atoms with E-state index in [1.807, 2.05) is 4.90 Å². The van der Waals surface area contributed by atoms with E-state index < -0.39 is 16.4 Å². The number of ether oxygens (including phenoxy) is 3. The maximum absolute atomic E-state index is 12.1. The molecular weight excluding hydrogens is 322 g/mol. The highest BCUT2D eigenvalue weighted by Gasteiger charge is 2.39. The molecule has 1 fully saturated rings. The fourth-order valence-corrected chi connectivity index (χ4v) is 4.00. The summed E-state index contributed by atoms with van der Waals surface area (Å²) in [4.78, 5) is 1.92. The number of amidine groups is 1. The van der Waals surface area contributed by atoms with Gasteiger partial charge in [0.05, 0.1) is 26.9 Å². The fourth-order valence-electron chi connectivity index (χ4n) is 2.94. The van der Waals surface area contributed by atoms with Crippen molar-refractivity contribution in [2.45, 2.75) is 19.0 Å². The van der Waals surface area contributed by atoms with Crippen LogP contribution in [0.2, 0.25) is 0 Å². The van der Waals surface area contributed by atoms with Crippen molar-refractivity contribution >= 4 is 16.0 Å². The molecule has 126 valence electrons. The lowest BCUT2D eigenvalue weighted by atomic mass is 10.1. The molecule has 1 aromatic carbocycles. The lowest BCUT2D eigenvalue weighted by Crippen LogP contribution is -2.46. The average molecular weight is 341 g/mol. The third-order valence-electron chi connectivity index (χ3n) is 3.96. The van der Waals surface area contributed by atoms with Crippen LogP contribution < -0.4 is 18.9 Å². The predicted octanol–water partition coefficient (Wildman–Crippen LogP) is 1.05. The standard InChI is InChI=1S/C14H19N3O5S/c1-20-9-7-10(21-2)13(11(8-9)22-3)14-16-23(18,19)15-12-5-4-6-17(12)14/h7-8,14,16H,4-6H2,1-3H3/t14-/m1/s1. The van der Waals surface area contributed by atoms with Gasteiger partial charge in [-0.05, 0) is 6.42 Å². The Labute approximate surface area is 135 Å². The van der Waals surface area contributed by atoms with Crippen molar-refractivity contribution < 1.29 is 22.6 Å². The van der Waals surface area contributed by atoms with E-state index >= 15 is 0 Å². The summed E-state index contributed by atoms with van der Waals surface area (Å²) in [5.41, 5.74) is 0.605. The van der Waals surface area contributed by atoms with Crippen molar-refractivity contribution in [3.63, 3.8) is 0 Å². The van der Waals surface area contributed by atoms with Crippen LogP contribution in [0.5, 0.6) is 17.2 Å². The molecule has 2 aliphatic heterocycles. The fraction of sp³-hybridized carbons (Fsp3) is 0.500. The van der Waals surface area contributed by atoms with Crippen LogP contribution in [0.25, 0.3) is 0 Å². The smallest absolute Gasteiger partial charge is 0.323 e. The first-order valence-corrected chi connectivity index (χ1v) is 8.60. The molecule has 2 aliphatic rings. The second-order valence-corrected chi connectivity index (χ2v) is 6.61. The summed E-state index contributed by atoms with van der Waals surface area (Å²) in [6.07, 6.45) is 0.872. The van der Waals surface area contributed by atoms with Gasteiger partial charge in [0.25, 0.3) is 0 Å². The third kappa shape index (κ3) is 2.81. The van der Waals surface area contributed by atoms with Crippen molar-refractivity contribution in [1.29, 1.82) is 0 Å². The van der Waals surface area contributed by atoms with Gasteiger partial charge in [0.15, 0.2) is 0 Å². The van der Waals surface area contributed by atoms with Gasteiger partial charge in [0.2, 0.25) is 0 Å². The Morgan fingerprint density at radius 2 is 1.83 bits per heavy atom. The minimum Gasteiger partial charge on any atom is -0.496 e. The summed E-state index contributed by atoms with van der Waals surface area (Å²) in [6, 6.07) is 3.40. The van der Waals surface area contributed by atoms with Gasteiger partial charge in [-0.25, -0.2) is 0 Å². The topological polar surface area (TPSA) is 89.5 Å². The molecule has 0 aliphatic carbocycles. The van der Waals surface area contributed by atoms with Crippen LogP contribution in [0.4, 0.5) is 0 Å². The Bertz CT molecular complexity index is 722. The SMILES string of the molecule is COc1cc(OC)c([C@@H]2NS(=O)(=O)N=C3CCCN32)c(OC)c1. The average Bonchev–Trinajstić information content (AvgIpc) is 2.99. The molecule has 0 amide bonds. The number of rotatable bonds is 4. The van der Waals surface area contributed by atoms with E-state index in [0.29, 0.717) is 41.6 Å². The van der Waals surface area contributed by atoms with Crippen LogP contribution in [0.3, 0.4) is 0 Å². The van der Waals surface area contributed by atoms with Crippen molar-refractivity contribution in [2.75, 3.05) is 27.9 Å². The molecule has 8 nitrogen and oxygen atoms in total. The quantitative estimate of drug-likeness (QED) is 0.881. The monoisotopic (exact) mass is 341 g/mol. The summed E-state index contributed by atoms with van der Waals surface area (Å²) < 4.78 is 46.6. The second kappa shape index (κ2) is 5.89. The van der Waals surface area contributed by atoms with Crippen molar-refractivity contribution in [3.05, 3.63) is 17.7 Å². The summed E-state index contributed by atoms with van der Waals surface area (Å²) in [5.74, 6) is 2.11. The Balaban J connectivity index is 2.15. The molecule has 2 heterocycles. The Hall–Kier alpha value is -2.00. The van der Waals surface area contributed by atoms with Gasteiger partial charge in [-0.2, -0.15) is 13.1 Å². The van der Waals surface area contributed by atoms with E-state index in [1.165, 1.54) is 14.2 Å². The highest BCUT2D eigenvalue weighted by Crippen LogP contribution is 2.42. The lowest BCUT2D eigenvalue weighted by molar-refractivity contribution is 0.288. The summed E-state index contributed by atoms with van der Waals surface area (Å²) >= 11 is 0. The zero-order valence-corrected chi connectivity index (χ0v) is 14.0. The molecule has 0 bridgehead atoms. The van der Waals surface area contributed by atoms with Gasteiger partial charge in [0.1, 0.15) is 29.2 Å². The van der Waals surface area contributed by atoms with Crippen molar-refractivity contribution in [2.24, 2.45) is 4.40 Å². The second-order valence-electron chi connectivity index (χ2n) is 5.25. The Morgan fingerprint density at radius 1 is 1.17 bits per heavy atom. The first kappa shape index (κ1) is 15.9. The van der Waals surface area contributed by atoms with Crippen molar-refractivity contribution in [3.8, 4) is 17.2 Å². The van der Waals surface area contributed by atoms with E-state index in [9.17, 15) is 8.42 Å². The van der Waals surface area contributed by atoms with E-state index in [1.54, 1.807) is 19.2 Å². The molecule has 9 heteroatoms. The molecule has 23 heavy (non-hydrogen) atoms. The Kier molecular flexibility index (Phi) is 4.07. The lowest BCUT2D eigenvalue weighted by Gasteiger charge is -2.34. The van der Waals surface area contributed by atoms with Gasteiger partial charge in [-0.1, -0.05) is 0 Å². The molecule has 1 aromatic rings. The van der Waals surface area contributed by atoms with Crippen LogP contribution in [0.15, 0.2) is 16.5 Å². The molecule has 1 N–H and O–H groups in total. The Morgan fingerprint density at radius 3 is 2.39 bits per heavy atom. The number of hydrogen-bond acceptors (Lipinski definition) is 6. The minimum atomic E-state index is -3.75. The summed E-state index contributed by atoms with van der Waals surface area (Å²) in [5, 5.41) is 0. The molecule has 0 aromatic heterocycles. The van der Waals surface area contributed by atoms with Crippen molar-refractivity contribution in [1.82, 2.24) is 9.62 Å². The molecule has 0 saturated carbocycles. The van der Waals surface area contributed by atoms with E-state index in [2.05, 4.69) is 9.12 Å². The number of benzene rings is 1. The molecule has 0 spiro atoms. The molecule has 1 atom stereocenters. The molecule has 3 rings (SSSR count). The minimum absolute atomic E-state index is 0.488. The zero-order chi connectivity index (χ0) is 16.6. The van der Waals surface area contributed by atoms with Gasteiger partial charge in [0, 0.05) is 25.1 Å². The van der Waals surface area contributed by atoms with Crippen LogP contribution in [0, 0.1) is 0 Å². The summed E-state index contributed by atoms with van der Waals surface area (Å²) in [6.45, 7) is 0.713. The van der Waals surface area contributed by atoms with Crippen LogP contribution >= 0.6 is 0 Å². The number of fused-ring (bicyclic) bond motifs is 1. The van der Waals surface area contributed by atoms with E-state index in [-0.39, 0.29) is 0 Å². The summed E-state index contributed by atoms with van der Waals surface area (Å²) in [7, 11) is 0.842. The first-order valence-electron chi connectivity index (χ1n) is 7.16.